The monoisotopic (exact) mass is 343 g/mol. The minimum Gasteiger partial charge on any atom is -0.490 e. The standard InChI is InChI=1S/C19H18FNO4/c20-15-5-9-17(10-6-15)24-12-13-25-19(23)14-3-7-16(8-4-14)21-11-1-2-18(21)22/h3-10H,1-2,11-13H2. The number of halogens is 1. The second-order valence-corrected chi connectivity index (χ2v) is 5.63. The minimum absolute atomic E-state index is 0.0859. The van der Waals surface area contributed by atoms with E-state index in [-0.39, 0.29) is 24.9 Å². The maximum Gasteiger partial charge on any atom is 0.338 e. The molecule has 1 heterocycles. The van der Waals surface area contributed by atoms with Crippen molar-refractivity contribution in [2.45, 2.75) is 12.8 Å². The van der Waals surface area contributed by atoms with E-state index in [4.69, 9.17) is 9.47 Å². The van der Waals surface area contributed by atoms with Crippen LogP contribution in [0.25, 0.3) is 0 Å². The first kappa shape index (κ1) is 17.0. The fourth-order valence-electron chi connectivity index (χ4n) is 2.61. The highest BCUT2D eigenvalue weighted by atomic mass is 19.1. The van der Waals surface area contributed by atoms with Gasteiger partial charge in [-0.15, -0.1) is 0 Å². The van der Waals surface area contributed by atoms with Gasteiger partial charge in [-0.25, -0.2) is 9.18 Å². The molecule has 5 nitrogen and oxygen atoms in total. The van der Waals surface area contributed by atoms with Crippen LogP contribution in [-0.2, 0) is 9.53 Å². The molecule has 0 atom stereocenters. The Hall–Kier alpha value is -2.89. The first-order valence-electron chi connectivity index (χ1n) is 8.09. The zero-order valence-electron chi connectivity index (χ0n) is 13.6. The summed E-state index contributed by atoms with van der Waals surface area (Å²) in [6.45, 7) is 0.976. The maximum atomic E-state index is 12.8. The zero-order valence-corrected chi connectivity index (χ0v) is 13.6. The molecular formula is C19H18FNO4. The van der Waals surface area contributed by atoms with E-state index in [1.54, 1.807) is 29.2 Å². The molecule has 1 aliphatic heterocycles. The molecule has 25 heavy (non-hydrogen) atoms. The Morgan fingerprint density at radius 1 is 1.04 bits per heavy atom. The van der Waals surface area contributed by atoms with Gasteiger partial charge in [0.25, 0.3) is 0 Å². The smallest absolute Gasteiger partial charge is 0.338 e. The lowest BCUT2D eigenvalue weighted by molar-refractivity contribution is -0.117. The predicted octanol–water partition coefficient (Wildman–Crippen LogP) is 3.19. The van der Waals surface area contributed by atoms with E-state index in [0.29, 0.717) is 24.3 Å². The van der Waals surface area contributed by atoms with Crippen molar-refractivity contribution in [1.82, 2.24) is 0 Å². The molecule has 0 N–H and O–H groups in total. The summed E-state index contributed by atoms with van der Waals surface area (Å²) in [5.74, 6) is -0.176. The largest absolute Gasteiger partial charge is 0.490 e. The van der Waals surface area contributed by atoms with Gasteiger partial charge >= 0.3 is 5.97 Å². The van der Waals surface area contributed by atoms with Crippen LogP contribution in [0.4, 0.5) is 10.1 Å². The van der Waals surface area contributed by atoms with Crippen molar-refractivity contribution in [2.75, 3.05) is 24.7 Å². The summed E-state index contributed by atoms with van der Waals surface area (Å²) in [5.41, 5.74) is 1.20. The van der Waals surface area contributed by atoms with Crippen molar-refractivity contribution in [3.8, 4) is 5.75 Å². The predicted molar refractivity (Wildman–Crippen MR) is 90.2 cm³/mol. The number of ether oxygens (including phenoxy) is 2. The highest BCUT2D eigenvalue weighted by molar-refractivity contribution is 5.96. The molecule has 0 aliphatic carbocycles. The average Bonchev–Trinajstić information content (AvgIpc) is 3.06. The lowest BCUT2D eigenvalue weighted by Crippen LogP contribution is -2.23. The molecule has 1 aliphatic rings. The van der Waals surface area contributed by atoms with Crippen LogP contribution in [0, 0.1) is 5.82 Å². The lowest BCUT2D eigenvalue weighted by atomic mass is 10.2. The number of benzene rings is 2. The van der Waals surface area contributed by atoms with Gasteiger partial charge in [-0.1, -0.05) is 0 Å². The molecule has 0 spiro atoms. The summed E-state index contributed by atoms with van der Waals surface area (Å²) in [6.07, 6.45) is 1.43. The summed E-state index contributed by atoms with van der Waals surface area (Å²) in [6, 6.07) is 12.4. The Kier molecular flexibility index (Phi) is 5.28. The molecule has 1 amide bonds. The molecule has 0 aromatic heterocycles. The fraction of sp³-hybridized carbons (Fsp3) is 0.263. The number of esters is 1. The van der Waals surface area contributed by atoms with E-state index >= 15 is 0 Å². The van der Waals surface area contributed by atoms with E-state index < -0.39 is 5.97 Å². The summed E-state index contributed by atoms with van der Waals surface area (Å²) in [5, 5.41) is 0. The molecule has 3 rings (SSSR count). The van der Waals surface area contributed by atoms with Gasteiger partial charge in [-0.3, -0.25) is 4.79 Å². The van der Waals surface area contributed by atoms with Gasteiger partial charge in [-0.05, 0) is 55.0 Å². The third-order valence-corrected chi connectivity index (χ3v) is 3.89. The molecule has 0 radical (unpaired) electrons. The third kappa shape index (κ3) is 4.35. The summed E-state index contributed by atoms with van der Waals surface area (Å²) in [7, 11) is 0. The first-order chi connectivity index (χ1) is 12.1. The van der Waals surface area contributed by atoms with Crippen LogP contribution in [0.15, 0.2) is 48.5 Å². The number of carbonyl (C=O) groups excluding carboxylic acids is 2. The van der Waals surface area contributed by atoms with Crippen molar-refractivity contribution < 1.29 is 23.5 Å². The van der Waals surface area contributed by atoms with Gasteiger partial charge in [0.1, 0.15) is 24.8 Å². The van der Waals surface area contributed by atoms with Crippen LogP contribution < -0.4 is 9.64 Å². The number of hydrogen-bond donors (Lipinski definition) is 0. The summed E-state index contributed by atoms with van der Waals surface area (Å²) in [4.78, 5) is 25.4. The van der Waals surface area contributed by atoms with Crippen LogP contribution >= 0.6 is 0 Å². The molecular weight excluding hydrogens is 325 g/mol. The molecule has 6 heteroatoms. The summed E-state index contributed by atoms with van der Waals surface area (Å²) < 4.78 is 23.3. The maximum absolute atomic E-state index is 12.8. The molecule has 1 saturated heterocycles. The minimum atomic E-state index is -0.456. The van der Waals surface area contributed by atoms with Crippen LogP contribution in [0.5, 0.6) is 5.75 Å². The Morgan fingerprint density at radius 3 is 2.40 bits per heavy atom. The van der Waals surface area contributed by atoms with E-state index in [1.165, 1.54) is 24.3 Å². The zero-order chi connectivity index (χ0) is 17.6. The number of rotatable bonds is 6. The summed E-state index contributed by atoms with van der Waals surface area (Å²) >= 11 is 0. The lowest BCUT2D eigenvalue weighted by Gasteiger charge is -2.15. The molecule has 0 bridgehead atoms. The molecule has 2 aromatic rings. The highest BCUT2D eigenvalue weighted by Gasteiger charge is 2.21. The van der Waals surface area contributed by atoms with Crippen molar-refractivity contribution in [3.63, 3.8) is 0 Å². The van der Waals surface area contributed by atoms with Crippen LogP contribution in [0.1, 0.15) is 23.2 Å². The normalized spacial score (nSPS) is 13.8. The van der Waals surface area contributed by atoms with E-state index in [9.17, 15) is 14.0 Å². The molecule has 0 saturated carbocycles. The molecule has 0 unspecified atom stereocenters. The van der Waals surface area contributed by atoms with Crippen LogP contribution in [-0.4, -0.2) is 31.6 Å². The number of carbonyl (C=O) groups is 2. The van der Waals surface area contributed by atoms with Crippen molar-refractivity contribution in [3.05, 3.63) is 59.9 Å². The second kappa shape index (κ2) is 7.79. The molecule has 2 aromatic carbocycles. The van der Waals surface area contributed by atoms with E-state index in [1.807, 2.05) is 0 Å². The van der Waals surface area contributed by atoms with Crippen LogP contribution in [0.3, 0.4) is 0 Å². The SMILES string of the molecule is O=C(OCCOc1ccc(F)cc1)c1ccc(N2CCCC2=O)cc1. The number of hydrogen-bond acceptors (Lipinski definition) is 4. The van der Waals surface area contributed by atoms with Gasteiger partial charge < -0.3 is 14.4 Å². The highest BCUT2D eigenvalue weighted by Crippen LogP contribution is 2.21. The van der Waals surface area contributed by atoms with Gasteiger partial charge in [0.05, 0.1) is 5.56 Å². The van der Waals surface area contributed by atoms with Gasteiger partial charge in [-0.2, -0.15) is 0 Å². The number of nitrogens with zero attached hydrogens (tertiary/aromatic N) is 1. The van der Waals surface area contributed by atoms with E-state index in [0.717, 1.165) is 12.1 Å². The van der Waals surface area contributed by atoms with Gasteiger partial charge in [0.2, 0.25) is 5.91 Å². The van der Waals surface area contributed by atoms with Crippen LogP contribution in [0.2, 0.25) is 0 Å². The van der Waals surface area contributed by atoms with Gasteiger partial charge in [0, 0.05) is 18.7 Å². The van der Waals surface area contributed by atoms with Gasteiger partial charge in [0.15, 0.2) is 0 Å². The van der Waals surface area contributed by atoms with E-state index in [2.05, 4.69) is 0 Å². The average molecular weight is 343 g/mol. The molecule has 1 fully saturated rings. The topological polar surface area (TPSA) is 55.8 Å². The Labute approximate surface area is 145 Å². The quantitative estimate of drug-likeness (QED) is 0.597. The number of anilines is 1. The van der Waals surface area contributed by atoms with Crippen molar-refractivity contribution in [1.29, 1.82) is 0 Å². The number of amides is 1. The van der Waals surface area contributed by atoms with Crippen molar-refractivity contribution in [2.24, 2.45) is 0 Å². The Morgan fingerprint density at radius 2 is 1.76 bits per heavy atom. The van der Waals surface area contributed by atoms with Crippen molar-refractivity contribution >= 4 is 17.6 Å². The second-order valence-electron chi connectivity index (χ2n) is 5.63. The molecule has 130 valence electrons. The first-order valence-corrected chi connectivity index (χ1v) is 8.09. The Balaban J connectivity index is 1.46. The fourth-order valence-corrected chi connectivity index (χ4v) is 2.61. The Bertz CT molecular complexity index is 743. The third-order valence-electron chi connectivity index (χ3n) is 3.89.